The maximum absolute atomic E-state index is 13.0. The van der Waals surface area contributed by atoms with Gasteiger partial charge < -0.3 is 15.5 Å². The standard InChI is InChI=1S/C21H32N4O3/c22-16-20(10-11-20)23-17(26)21(8-2-1-3-9-21)24-18(27)28-25-14-12-19(13-15-25)6-4-5-7-19/h1-15H2,(H,23,26)(H,24,27). The monoisotopic (exact) mass is 388 g/mol. The predicted octanol–water partition coefficient (Wildman–Crippen LogP) is 3.16. The highest BCUT2D eigenvalue weighted by Gasteiger charge is 2.50. The number of hydrogen-bond donors (Lipinski definition) is 2. The lowest BCUT2D eigenvalue weighted by atomic mass is 9.77. The molecule has 1 heterocycles. The molecule has 1 aliphatic heterocycles. The van der Waals surface area contributed by atoms with E-state index >= 15 is 0 Å². The highest BCUT2D eigenvalue weighted by Crippen LogP contribution is 2.46. The second-order valence-electron chi connectivity index (χ2n) is 9.43. The van der Waals surface area contributed by atoms with Crippen molar-refractivity contribution in [1.29, 1.82) is 5.26 Å². The lowest BCUT2D eigenvalue weighted by molar-refractivity contribution is -0.139. The number of nitriles is 1. The summed E-state index contributed by atoms with van der Waals surface area (Å²) in [6.07, 6.45) is 12.3. The van der Waals surface area contributed by atoms with Crippen LogP contribution in [0, 0.1) is 16.7 Å². The van der Waals surface area contributed by atoms with Crippen LogP contribution in [-0.4, -0.2) is 41.2 Å². The van der Waals surface area contributed by atoms with Gasteiger partial charge in [0, 0.05) is 13.1 Å². The lowest BCUT2D eigenvalue weighted by Gasteiger charge is -2.40. The fourth-order valence-electron chi connectivity index (χ4n) is 5.30. The minimum absolute atomic E-state index is 0.230. The molecule has 0 aromatic carbocycles. The summed E-state index contributed by atoms with van der Waals surface area (Å²) in [5.74, 6) is -0.230. The van der Waals surface area contributed by atoms with Gasteiger partial charge in [-0.1, -0.05) is 32.1 Å². The molecule has 0 unspecified atom stereocenters. The van der Waals surface area contributed by atoms with Crippen LogP contribution in [0.25, 0.3) is 0 Å². The molecule has 154 valence electrons. The van der Waals surface area contributed by atoms with Gasteiger partial charge in [0.1, 0.15) is 11.1 Å². The SMILES string of the molecule is N#CC1(NC(=O)C2(NC(=O)ON3CCC4(CCCC4)CC3)CCCCC2)CC1. The van der Waals surface area contributed by atoms with Crippen LogP contribution < -0.4 is 10.6 Å². The van der Waals surface area contributed by atoms with Crippen molar-refractivity contribution in [3.05, 3.63) is 0 Å². The summed E-state index contributed by atoms with van der Waals surface area (Å²) in [7, 11) is 0. The third-order valence-electron chi connectivity index (χ3n) is 7.46. The number of carbonyl (C=O) groups excluding carboxylic acids is 2. The van der Waals surface area contributed by atoms with Gasteiger partial charge in [-0.15, -0.1) is 5.06 Å². The molecule has 4 fully saturated rings. The first-order chi connectivity index (χ1) is 13.5. The van der Waals surface area contributed by atoms with E-state index in [1.165, 1.54) is 25.7 Å². The van der Waals surface area contributed by atoms with Crippen LogP contribution in [0.5, 0.6) is 0 Å². The third-order valence-corrected chi connectivity index (χ3v) is 7.46. The smallest absolute Gasteiger partial charge is 0.351 e. The first-order valence-electron chi connectivity index (χ1n) is 11.0. The zero-order valence-corrected chi connectivity index (χ0v) is 16.7. The second-order valence-corrected chi connectivity index (χ2v) is 9.43. The highest BCUT2D eigenvalue weighted by atomic mass is 16.7. The Kier molecular flexibility index (Phi) is 5.26. The van der Waals surface area contributed by atoms with Crippen molar-refractivity contribution >= 4 is 12.0 Å². The van der Waals surface area contributed by atoms with Gasteiger partial charge in [-0.2, -0.15) is 5.26 Å². The van der Waals surface area contributed by atoms with Gasteiger partial charge in [0.15, 0.2) is 0 Å². The van der Waals surface area contributed by atoms with E-state index < -0.39 is 17.2 Å². The van der Waals surface area contributed by atoms with E-state index in [-0.39, 0.29) is 5.91 Å². The van der Waals surface area contributed by atoms with Crippen LogP contribution in [0.3, 0.4) is 0 Å². The summed E-state index contributed by atoms with van der Waals surface area (Å²) >= 11 is 0. The topological polar surface area (TPSA) is 94.5 Å². The lowest BCUT2D eigenvalue weighted by Crippen LogP contribution is -2.62. The van der Waals surface area contributed by atoms with Crippen LogP contribution in [-0.2, 0) is 9.63 Å². The number of hydroxylamine groups is 2. The molecule has 1 spiro atoms. The summed E-state index contributed by atoms with van der Waals surface area (Å²) in [6, 6.07) is 2.20. The molecule has 7 nitrogen and oxygen atoms in total. The van der Waals surface area contributed by atoms with Gasteiger partial charge in [-0.25, -0.2) is 4.79 Å². The van der Waals surface area contributed by atoms with Crippen molar-refractivity contribution < 1.29 is 14.4 Å². The first-order valence-corrected chi connectivity index (χ1v) is 11.0. The molecule has 0 aromatic heterocycles. The van der Waals surface area contributed by atoms with Crippen molar-refractivity contribution in [3.8, 4) is 6.07 Å². The Morgan fingerprint density at radius 1 is 0.821 bits per heavy atom. The Bertz CT molecular complexity index is 645. The summed E-state index contributed by atoms with van der Waals surface area (Å²) in [5.41, 5.74) is -1.21. The van der Waals surface area contributed by atoms with Gasteiger partial charge in [0.25, 0.3) is 0 Å². The van der Waals surface area contributed by atoms with E-state index in [9.17, 15) is 14.9 Å². The van der Waals surface area contributed by atoms with E-state index in [1.54, 1.807) is 5.06 Å². The van der Waals surface area contributed by atoms with Gasteiger partial charge in [0.2, 0.25) is 5.91 Å². The van der Waals surface area contributed by atoms with Crippen LogP contribution >= 0.6 is 0 Å². The molecule has 0 radical (unpaired) electrons. The second kappa shape index (κ2) is 7.55. The average molecular weight is 389 g/mol. The number of hydrogen-bond acceptors (Lipinski definition) is 5. The van der Waals surface area contributed by atoms with Gasteiger partial charge in [0.05, 0.1) is 6.07 Å². The predicted molar refractivity (Wildman–Crippen MR) is 103 cm³/mol. The molecule has 4 aliphatic rings. The molecule has 4 rings (SSSR count). The fourth-order valence-corrected chi connectivity index (χ4v) is 5.30. The van der Waals surface area contributed by atoms with Crippen molar-refractivity contribution in [2.24, 2.45) is 5.41 Å². The molecular formula is C21H32N4O3. The third kappa shape index (κ3) is 3.98. The summed E-state index contributed by atoms with van der Waals surface area (Å²) in [4.78, 5) is 31.2. The quantitative estimate of drug-likeness (QED) is 0.771. The Balaban J connectivity index is 1.34. The molecule has 28 heavy (non-hydrogen) atoms. The maximum atomic E-state index is 13.0. The molecule has 7 heteroatoms. The molecule has 3 aliphatic carbocycles. The molecular weight excluding hydrogens is 356 g/mol. The molecule has 0 bridgehead atoms. The number of carbonyl (C=O) groups is 2. The largest absolute Gasteiger partial charge is 0.427 e. The van der Waals surface area contributed by atoms with Crippen LogP contribution in [0.2, 0.25) is 0 Å². The molecule has 2 amide bonds. The van der Waals surface area contributed by atoms with Crippen molar-refractivity contribution in [2.45, 2.75) is 94.5 Å². The first kappa shape index (κ1) is 19.5. The van der Waals surface area contributed by atoms with Gasteiger partial charge in [-0.3, -0.25) is 4.79 Å². The van der Waals surface area contributed by atoms with E-state index in [0.717, 1.165) is 45.2 Å². The van der Waals surface area contributed by atoms with Crippen molar-refractivity contribution in [2.75, 3.05) is 13.1 Å². The maximum Gasteiger partial charge on any atom is 0.427 e. The minimum atomic E-state index is -0.954. The average Bonchev–Trinajstić information content (AvgIpc) is 3.33. The normalized spacial score (nSPS) is 27.5. The van der Waals surface area contributed by atoms with Crippen molar-refractivity contribution in [3.63, 3.8) is 0 Å². The zero-order chi connectivity index (χ0) is 19.7. The highest BCUT2D eigenvalue weighted by molar-refractivity contribution is 5.91. The number of rotatable bonds is 4. The Hall–Kier alpha value is -1.81. The van der Waals surface area contributed by atoms with E-state index in [0.29, 0.717) is 31.1 Å². The summed E-state index contributed by atoms with van der Waals surface area (Å²) in [5, 5.41) is 16.8. The minimum Gasteiger partial charge on any atom is -0.351 e. The van der Waals surface area contributed by atoms with Gasteiger partial charge >= 0.3 is 6.09 Å². The molecule has 2 N–H and O–H groups in total. The zero-order valence-electron chi connectivity index (χ0n) is 16.7. The molecule has 3 saturated carbocycles. The fraction of sp³-hybridized carbons (Fsp3) is 0.857. The van der Waals surface area contributed by atoms with E-state index in [2.05, 4.69) is 16.7 Å². The summed E-state index contributed by atoms with van der Waals surface area (Å²) < 4.78 is 0. The Morgan fingerprint density at radius 2 is 1.43 bits per heavy atom. The van der Waals surface area contributed by atoms with E-state index in [1.807, 2.05) is 0 Å². The number of nitrogens with one attached hydrogen (secondary N) is 2. The van der Waals surface area contributed by atoms with Crippen molar-refractivity contribution in [1.82, 2.24) is 15.7 Å². The molecule has 1 saturated heterocycles. The van der Waals surface area contributed by atoms with Gasteiger partial charge in [-0.05, 0) is 56.8 Å². The number of nitrogens with zero attached hydrogens (tertiary/aromatic N) is 2. The summed E-state index contributed by atoms with van der Waals surface area (Å²) in [6.45, 7) is 1.54. The number of amides is 2. The Morgan fingerprint density at radius 3 is 2.00 bits per heavy atom. The van der Waals surface area contributed by atoms with Crippen LogP contribution in [0.1, 0.15) is 83.5 Å². The Labute approximate surface area is 167 Å². The molecule has 0 aromatic rings. The van der Waals surface area contributed by atoms with E-state index in [4.69, 9.17) is 4.84 Å². The molecule has 0 atom stereocenters. The van der Waals surface area contributed by atoms with Crippen LogP contribution in [0.15, 0.2) is 0 Å². The number of piperidine rings is 1. The van der Waals surface area contributed by atoms with Crippen LogP contribution in [0.4, 0.5) is 4.79 Å².